The monoisotopic (exact) mass is 808 g/mol. The van der Waals surface area contributed by atoms with E-state index in [1.54, 1.807) is 0 Å². The van der Waals surface area contributed by atoms with E-state index < -0.39 is 0 Å². The van der Waals surface area contributed by atoms with Gasteiger partial charge in [-0.25, -0.2) is 0 Å². The first kappa shape index (κ1) is 36.1. The zero-order valence-electron chi connectivity index (χ0n) is 35.8. The van der Waals surface area contributed by atoms with E-state index in [9.17, 15) is 0 Å². The molecule has 0 bridgehead atoms. The van der Waals surface area contributed by atoms with Crippen molar-refractivity contribution in [3.8, 4) is 39.1 Å². The summed E-state index contributed by atoms with van der Waals surface area (Å²) in [5.41, 5.74) is 21.5. The van der Waals surface area contributed by atoms with Crippen molar-refractivity contribution in [3.05, 3.63) is 216 Å². The Morgan fingerprint density at radius 1 is 0.397 bits per heavy atom. The van der Waals surface area contributed by atoms with Crippen LogP contribution in [0.25, 0.3) is 82.8 Å². The molecular weight excluding hydrogens is 765 g/mol. The Morgan fingerprint density at radius 3 is 1.78 bits per heavy atom. The van der Waals surface area contributed by atoms with Crippen LogP contribution in [0.5, 0.6) is 0 Å². The molecular formula is C60H44N2O. The minimum Gasteiger partial charge on any atom is -0.454 e. The lowest BCUT2D eigenvalue weighted by Crippen LogP contribution is -2.16. The minimum absolute atomic E-state index is 0.0875. The van der Waals surface area contributed by atoms with E-state index in [0.29, 0.717) is 0 Å². The molecule has 0 amide bonds. The third kappa shape index (κ3) is 5.08. The van der Waals surface area contributed by atoms with Gasteiger partial charge in [-0.1, -0.05) is 149 Å². The summed E-state index contributed by atoms with van der Waals surface area (Å²) in [6.07, 6.45) is 0. The fourth-order valence-corrected chi connectivity index (χ4v) is 11.2. The van der Waals surface area contributed by atoms with E-state index in [1.807, 2.05) is 6.07 Å². The largest absolute Gasteiger partial charge is 0.454 e. The average molecular weight is 809 g/mol. The van der Waals surface area contributed by atoms with E-state index in [4.69, 9.17) is 4.42 Å². The Morgan fingerprint density at radius 2 is 1.00 bits per heavy atom. The summed E-state index contributed by atoms with van der Waals surface area (Å²) in [6, 6.07) is 71.5. The second-order valence-electron chi connectivity index (χ2n) is 18.5. The lowest BCUT2D eigenvalue weighted by molar-refractivity contribution is 0.660. The van der Waals surface area contributed by atoms with Gasteiger partial charge in [0.15, 0.2) is 5.58 Å². The van der Waals surface area contributed by atoms with Crippen LogP contribution in [-0.4, -0.2) is 4.57 Å². The van der Waals surface area contributed by atoms with Crippen molar-refractivity contribution in [1.29, 1.82) is 0 Å². The molecule has 0 saturated heterocycles. The molecule has 2 aromatic heterocycles. The molecule has 13 rings (SSSR count). The van der Waals surface area contributed by atoms with Crippen molar-refractivity contribution in [2.24, 2.45) is 0 Å². The number of aromatic nitrogens is 1. The first-order valence-corrected chi connectivity index (χ1v) is 22.1. The molecule has 0 radical (unpaired) electrons. The van der Waals surface area contributed by atoms with Crippen LogP contribution in [0.15, 0.2) is 199 Å². The zero-order chi connectivity index (χ0) is 42.2. The standard InChI is InChI=1S/C60H44N2O/c1-59(2)50-21-11-8-17-42(50)44-31-30-41(34-52(44)59)61(55-23-14-20-46-45-19-10-13-24-57(45)63-58(46)55)40-28-25-37(26-29-40)38-27-32-54-48(33-38)49-35-47-43-18-9-12-22-51(43)60(3,4)53(47)36-56(49)62(54)39-15-6-5-7-16-39/h5-36H,1-4H3. The maximum Gasteiger partial charge on any atom is 0.159 e. The van der Waals surface area contributed by atoms with Gasteiger partial charge in [0, 0.05) is 49.4 Å². The van der Waals surface area contributed by atoms with Gasteiger partial charge in [0.2, 0.25) is 0 Å². The molecule has 0 aliphatic heterocycles. The summed E-state index contributed by atoms with van der Waals surface area (Å²) in [6.45, 7) is 9.43. The highest BCUT2D eigenvalue weighted by atomic mass is 16.3. The van der Waals surface area contributed by atoms with E-state index in [-0.39, 0.29) is 10.8 Å². The number of nitrogens with zero attached hydrogens (tertiary/aromatic N) is 2. The minimum atomic E-state index is -0.134. The normalized spacial score (nSPS) is 14.3. The van der Waals surface area contributed by atoms with Crippen LogP contribution in [0.2, 0.25) is 0 Å². The molecule has 300 valence electrons. The molecule has 2 aliphatic carbocycles. The summed E-state index contributed by atoms with van der Waals surface area (Å²) in [5.74, 6) is 0. The van der Waals surface area contributed by atoms with Crippen LogP contribution >= 0.6 is 0 Å². The Labute approximate surface area is 367 Å². The van der Waals surface area contributed by atoms with Crippen molar-refractivity contribution in [1.82, 2.24) is 4.57 Å². The van der Waals surface area contributed by atoms with Gasteiger partial charge in [-0.05, 0) is 128 Å². The molecule has 0 spiro atoms. The van der Waals surface area contributed by atoms with Crippen molar-refractivity contribution < 1.29 is 4.42 Å². The highest BCUT2D eigenvalue weighted by Crippen LogP contribution is 2.53. The lowest BCUT2D eigenvalue weighted by Gasteiger charge is -2.28. The number of fused-ring (bicyclic) bond motifs is 12. The number of hydrogen-bond acceptors (Lipinski definition) is 2. The summed E-state index contributed by atoms with van der Waals surface area (Å²) >= 11 is 0. The van der Waals surface area contributed by atoms with Gasteiger partial charge in [0.1, 0.15) is 5.58 Å². The van der Waals surface area contributed by atoms with Crippen LogP contribution in [0.4, 0.5) is 17.1 Å². The predicted molar refractivity (Wildman–Crippen MR) is 263 cm³/mol. The SMILES string of the molecule is CC1(C)c2ccccc2-c2ccc(N(c3ccc(-c4ccc5c(c4)c4cc6c(cc4n5-c4ccccc4)C(C)(C)c4ccccc4-6)cc3)c3cccc4c3oc3ccccc34)cc21. The van der Waals surface area contributed by atoms with Gasteiger partial charge in [0.05, 0.1) is 16.7 Å². The molecule has 3 heteroatoms. The number of para-hydroxylation sites is 3. The molecule has 0 saturated carbocycles. The third-order valence-electron chi connectivity index (χ3n) is 14.4. The van der Waals surface area contributed by atoms with E-state index in [0.717, 1.165) is 39.0 Å². The molecule has 63 heavy (non-hydrogen) atoms. The van der Waals surface area contributed by atoms with E-state index in [2.05, 4.69) is 225 Å². The maximum absolute atomic E-state index is 6.71. The topological polar surface area (TPSA) is 21.3 Å². The highest BCUT2D eigenvalue weighted by molar-refractivity contribution is 6.13. The fraction of sp³-hybridized carbons (Fsp3) is 0.100. The first-order valence-electron chi connectivity index (χ1n) is 22.1. The summed E-state index contributed by atoms with van der Waals surface area (Å²) in [5, 5.41) is 4.75. The third-order valence-corrected chi connectivity index (χ3v) is 14.4. The Bertz CT molecular complexity index is 3680. The van der Waals surface area contributed by atoms with Crippen molar-refractivity contribution in [2.75, 3.05) is 4.90 Å². The molecule has 2 heterocycles. The Kier molecular flexibility index (Phi) is 7.42. The van der Waals surface area contributed by atoms with Crippen molar-refractivity contribution in [3.63, 3.8) is 0 Å². The fourth-order valence-electron chi connectivity index (χ4n) is 11.2. The van der Waals surface area contributed by atoms with Gasteiger partial charge in [0.25, 0.3) is 0 Å². The molecule has 0 fully saturated rings. The number of hydrogen-bond donors (Lipinski definition) is 0. The number of benzene rings is 9. The summed E-state index contributed by atoms with van der Waals surface area (Å²) < 4.78 is 9.16. The molecule has 0 unspecified atom stereocenters. The van der Waals surface area contributed by atoms with Crippen LogP contribution < -0.4 is 4.90 Å². The molecule has 9 aromatic carbocycles. The zero-order valence-corrected chi connectivity index (χ0v) is 35.8. The van der Waals surface area contributed by atoms with Gasteiger partial charge in [-0.3, -0.25) is 0 Å². The van der Waals surface area contributed by atoms with Crippen molar-refractivity contribution >= 4 is 60.8 Å². The molecule has 2 aliphatic rings. The number of rotatable bonds is 5. The Hall–Kier alpha value is -7.62. The molecule has 3 nitrogen and oxygen atoms in total. The smallest absolute Gasteiger partial charge is 0.159 e. The molecule has 0 atom stereocenters. The second-order valence-corrected chi connectivity index (χ2v) is 18.5. The van der Waals surface area contributed by atoms with Crippen LogP contribution in [0.1, 0.15) is 49.9 Å². The lowest BCUT2D eigenvalue weighted by atomic mass is 9.82. The second kappa shape index (κ2) is 13.0. The van der Waals surface area contributed by atoms with Crippen LogP contribution in [0.3, 0.4) is 0 Å². The average Bonchev–Trinajstić information content (AvgIpc) is 4.00. The molecule has 0 N–H and O–H groups in total. The predicted octanol–water partition coefficient (Wildman–Crippen LogP) is 16.4. The first-order chi connectivity index (χ1) is 30.8. The van der Waals surface area contributed by atoms with Crippen LogP contribution in [0, 0.1) is 0 Å². The number of furan rings is 1. The van der Waals surface area contributed by atoms with Gasteiger partial charge >= 0.3 is 0 Å². The summed E-state index contributed by atoms with van der Waals surface area (Å²) in [7, 11) is 0. The van der Waals surface area contributed by atoms with Gasteiger partial charge in [-0.15, -0.1) is 0 Å². The number of anilines is 3. The van der Waals surface area contributed by atoms with Gasteiger partial charge < -0.3 is 13.9 Å². The van der Waals surface area contributed by atoms with Crippen molar-refractivity contribution in [2.45, 2.75) is 38.5 Å². The summed E-state index contributed by atoms with van der Waals surface area (Å²) in [4.78, 5) is 2.38. The van der Waals surface area contributed by atoms with E-state index in [1.165, 1.54) is 83.1 Å². The molecule has 11 aromatic rings. The van der Waals surface area contributed by atoms with E-state index >= 15 is 0 Å². The van der Waals surface area contributed by atoms with Crippen LogP contribution in [-0.2, 0) is 10.8 Å². The quantitative estimate of drug-likeness (QED) is 0.173. The maximum atomic E-state index is 6.71. The Balaban J connectivity index is 0.974. The van der Waals surface area contributed by atoms with Gasteiger partial charge in [-0.2, -0.15) is 0 Å². The highest BCUT2D eigenvalue weighted by Gasteiger charge is 2.37.